The molecule has 0 spiro atoms. The number of anilines is 1. The Morgan fingerprint density at radius 3 is 2.54 bits per heavy atom. The van der Waals surface area contributed by atoms with Crippen LogP contribution in [0.5, 0.6) is 0 Å². The summed E-state index contributed by atoms with van der Waals surface area (Å²) in [6.07, 6.45) is 3.92. The summed E-state index contributed by atoms with van der Waals surface area (Å²) < 4.78 is 29.9. The van der Waals surface area contributed by atoms with E-state index in [0.29, 0.717) is 16.3 Å². The minimum atomic E-state index is -3.72. The van der Waals surface area contributed by atoms with E-state index in [4.69, 9.17) is 11.6 Å². The number of nitrogens with one attached hydrogen (secondary N) is 1. The Bertz CT molecular complexity index is 1280. The number of sulfonamides is 1. The Hall–Kier alpha value is -2.83. The van der Waals surface area contributed by atoms with E-state index in [-0.39, 0.29) is 4.90 Å². The highest BCUT2D eigenvalue weighted by Gasteiger charge is 2.18. The van der Waals surface area contributed by atoms with Gasteiger partial charge >= 0.3 is 0 Å². The van der Waals surface area contributed by atoms with Crippen molar-refractivity contribution in [1.29, 1.82) is 0 Å². The van der Waals surface area contributed by atoms with E-state index in [2.05, 4.69) is 9.71 Å². The number of pyridine rings is 1. The fourth-order valence-electron chi connectivity index (χ4n) is 3.02. The van der Waals surface area contributed by atoms with Crippen LogP contribution in [0.3, 0.4) is 0 Å². The van der Waals surface area contributed by atoms with Crippen LogP contribution in [0.4, 0.5) is 5.69 Å². The minimum Gasteiger partial charge on any atom is -0.306 e. The first-order valence-electron chi connectivity index (χ1n) is 8.67. The molecule has 28 heavy (non-hydrogen) atoms. The quantitative estimate of drug-likeness (QED) is 0.509. The van der Waals surface area contributed by atoms with Crippen LogP contribution in [0.1, 0.15) is 11.1 Å². The van der Waals surface area contributed by atoms with Crippen LogP contribution in [-0.2, 0) is 10.0 Å². The molecule has 0 amide bonds. The third kappa shape index (κ3) is 3.48. The van der Waals surface area contributed by atoms with Crippen molar-refractivity contribution in [2.45, 2.75) is 18.7 Å². The van der Waals surface area contributed by atoms with E-state index < -0.39 is 10.0 Å². The Morgan fingerprint density at radius 2 is 1.79 bits per heavy atom. The molecule has 0 saturated heterocycles. The van der Waals surface area contributed by atoms with Gasteiger partial charge in [-0.3, -0.25) is 4.72 Å². The Labute approximate surface area is 168 Å². The number of imidazole rings is 1. The number of benzene rings is 2. The number of fused-ring (bicyclic) bond motifs is 1. The second-order valence-corrected chi connectivity index (χ2v) is 8.70. The summed E-state index contributed by atoms with van der Waals surface area (Å²) in [6.45, 7) is 3.71. The maximum absolute atomic E-state index is 12.7. The molecule has 2 aromatic carbocycles. The number of nitrogens with zero attached hydrogens (tertiary/aromatic N) is 2. The molecule has 0 radical (unpaired) electrons. The molecule has 0 atom stereocenters. The van der Waals surface area contributed by atoms with Gasteiger partial charge in [-0.05, 0) is 61.4 Å². The van der Waals surface area contributed by atoms with E-state index in [1.54, 1.807) is 31.2 Å². The average molecular weight is 412 g/mol. The van der Waals surface area contributed by atoms with Gasteiger partial charge in [-0.15, -0.1) is 0 Å². The molecule has 142 valence electrons. The number of aryl methyl sites for hydroxylation is 1. The fraction of sp³-hybridized carbons (Fsp3) is 0.0952. The lowest BCUT2D eigenvalue weighted by Crippen LogP contribution is -2.14. The molecule has 0 saturated carbocycles. The first-order chi connectivity index (χ1) is 13.3. The molecule has 2 heterocycles. The van der Waals surface area contributed by atoms with Crippen molar-refractivity contribution in [3.63, 3.8) is 0 Å². The van der Waals surface area contributed by atoms with Crippen molar-refractivity contribution in [2.75, 3.05) is 4.72 Å². The van der Waals surface area contributed by atoms with E-state index in [9.17, 15) is 8.42 Å². The summed E-state index contributed by atoms with van der Waals surface area (Å²) in [4.78, 5) is 4.79. The zero-order valence-corrected chi connectivity index (χ0v) is 16.9. The molecular weight excluding hydrogens is 394 g/mol. The number of halogens is 1. The maximum Gasteiger partial charge on any atom is 0.262 e. The van der Waals surface area contributed by atoms with E-state index in [1.165, 1.54) is 6.07 Å². The van der Waals surface area contributed by atoms with E-state index in [0.717, 1.165) is 22.5 Å². The van der Waals surface area contributed by atoms with Gasteiger partial charge in [-0.25, -0.2) is 13.4 Å². The highest BCUT2D eigenvalue weighted by atomic mass is 35.5. The lowest BCUT2D eigenvalue weighted by Gasteiger charge is -2.11. The smallest absolute Gasteiger partial charge is 0.262 e. The second-order valence-electron chi connectivity index (χ2n) is 6.64. The Kier molecular flexibility index (Phi) is 4.61. The topological polar surface area (TPSA) is 63.5 Å². The van der Waals surface area contributed by atoms with Gasteiger partial charge in [-0.2, -0.15) is 0 Å². The monoisotopic (exact) mass is 411 g/mol. The van der Waals surface area contributed by atoms with Gasteiger partial charge in [0.25, 0.3) is 10.0 Å². The molecule has 4 rings (SSSR count). The zero-order chi connectivity index (χ0) is 19.9. The summed E-state index contributed by atoms with van der Waals surface area (Å²) >= 11 is 6.05. The summed E-state index contributed by atoms with van der Waals surface area (Å²) in [6, 6.07) is 16.0. The third-order valence-electron chi connectivity index (χ3n) is 4.56. The Balaban J connectivity index is 1.61. The number of aromatic nitrogens is 2. The molecule has 0 aliphatic heterocycles. The molecule has 0 bridgehead atoms. The molecule has 0 fully saturated rings. The van der Waals surface area contributed by atoms with E-state index >= 15 is 0 Å². The standard InChI is InChI=1S/C21H18ClN3O2S/c1-14-10-11-25-13-19(23-21(25)12-14)16-6-8-17(9-7-16)24-28(26,27)20-5-3-4-18(22)15(20)2/h3-13,24H,1-2H3. The van der Waals surface area contributed by atoms with Crippen LogP contribution < -0.4 is 4.72 Å². The normalized spacial score (nSPS) is 11.7. The van der Waals surface area contributed by atoms with Crippen LogP contribution in [0.2, 0.25) is 5.02 Å². The lowest BCUT2D eigenvalue weighted by atomic mass is 10.1. The highest BCUT2D eigenvalue weighted by Crippen LogP contribution is 2.26. The van der Waals surface area contributed by atoms with Gasteiger partial charge in [0.1, 0.15) is 5.65 Å². The second kappa shape index (κ2) is 6.96. The van der Waals surface area contributed by atoms with Crippen LogP contribution >= 0.6 is 11.6 Å². The Morgan fingerprint density at radius 1 is 1.04 bits per heavy atom. The van der Waals surface area contributed by atoms with Gasteiger partial charge in [0.05, 0.1) is 10.6 Å². The van der Waals surface area contributed by atoms with Crippen molar-refractivity contribution in [2.24, 2.45) is 0 Å². The van der Waals surface area contributed by atoms with Crippen molar-refractivity contribution < 1.29 is 8.42 Å². The summed E-state index contributed by atoms with van der Waals surface area (Å²) in [5, 5.41) is 0.417. The predicted octanol–water partition coefficient (Wildman–Crippen LogP) is 5.07. The molecular formula is C21H18ClN3O2S. The first-order valence-corrected chi connectivity index (χ1v) is 10.5. The van der Waals surface area contributed by atoms with Gasteiger partial charge in [0.2, 0.25) is 0 Å². The highest BCUT2D eigenvalue weighted by molar-refractivity contribution is 7.92. The molecule has 4 aromatic rings. The molecule has 0 aliphatic rings. The minimum absolute atomic E-state index is 0.166. The zero-order valence-electron chi connectivity index (χ0n) is 15.3. The van der Waals surface area contributed by atoms with Gasteiger partial charge in [0, 0.05) is 28.7 Å². The molecule has 7 heteroatoms. The SMILES string of the molecule is Cc1ccn2cc(-c3ccc(NS(=O)(=O)c4cccc(Cl)c4C)cc3)nc2c1. The van der Waals surface area contributed by atoms with Crippen molar-refractivity contribution in [3.8, 4) is 11.3 Å². The predicted molar refractivity (Wildman–Crippen MR) is 112 cm³/mol. The molecule has 2 aromatic heterocycles. The molecule has 1 N–H and O–H groups in total. The van der Waals surface area contributed by atoms with Gasteiger partial charge < -0.3 is 4.40 Å². The summed E-state index contributed by atoms with van der Waals surface area (Å²) in [7, 11) is -3.72. The van der Waals surface area contributed by atoms with Crippen LogP contribution in [0.25, 0.3) is 16.9 Å². The third-order valence-corrected chi connectivity index (χ3v) is 6.49. The summed E-state index contributed by atoms with van der Waals surface area (Å²) in [5.41, 5.74) is 4.74. The molecule has 0 aliphatic carbocycles. The van der Waals surface area contributed by atoms with Crippen molar-refractivity contribution >= 4 is 33.0 Å². The number of hydrogen-bond acceptors (Lipinski definition) is 3. The molecule has 5 nitrogen and oxygen atoms in total. The largest absolute Gasteiger partial charge is 0.306 e. The van der Waals surface area contributed by atoms with Crippen molar-refractivity contribution in [3.05, 3.63) is 83.1 Å². The fourth-order valence-corrected chi connectivity index (χ4v) is 4.58. The van der Waals surface area contributed by atoms with Crippen molar-refractivity contribution in [1.82, 2.24) is 9.38 Å². The van der Waals surface area contributed by atoms with E-state index in [1.807, 2.05) is 48.0 Å². The molecule has 0 unspecified atom stereocenters. The summed E-state index contributed by atoms with van der Waals surface area (Å²) in [5.74, 6) is 0. The average Bonchev–Trinajstić information content (AvgIpc) is 3.07. The lowest BCUT2D eigenvalue weighted by molar-refractivity contribution is 0.600. The van der Waals surface area contributed by atoms with Gasteiger partial charge in [0.15, 0.2) is 0 Å². The maximum atomic E-state index is 12.7. The number of rotatable bonds is 4. The number of hydrogen-bond donors (Lipinski definition) is 1. The van der Waals surface area contributed by atoms with Crippen LogP contribution in [0.15, 0.2) is 71.9 Å². The van der Waals surface area contributed by atoms with Crippen LogP contribution in [0, 0.1) is 13.8 Å². The first kappa shape index (κ1) is 18.5. The van der Waals surface area contributed by atoms with Gasteiger partial charge in [-0.1, -0.05) is 29.8 Å². The van der Waals surface area contributed by atoms with Crippen LogP contribution in [-0.4, -0.2) is 17.8 Å².